The fraction of sp³-hybridized carbons (Fsp3) is 0.462. The molecule has 0 bridgehead atoms. The maximum atomic E-state index is 13.8. The SMILES string of the molecule is C[C@@H](C(=O)N1[C@@H](Cc2ccccc2)COC1(C)C)[C@H](CC(=O)N(C)C)c1ccccc1. The normalized spacial score (nSPS) is 19.6. The summed E-state index contributed by atoms with van der Waals surface area (Å²) in [7, 11) is 3.51. The van der Waals surface area contributed by atoms with Gasteiger partial charge in [0.2, 0.25) is 11.8 Å². The molecular weight excluding hydrogens is 388 g/mol. The maximum absolute atomic E-state index is 13.8. The minimum Gasteiger partial charge on any atom is -0.354 e. The lowest BCUT2D eigenvalue weighted by Gasteiger charge is -2.37. The summed E-state index contributed by atoms with van der Waals surface area (Å²) in [6.07, 6.45) is 1.04. The van der Waals surface area contributed by atoms with Gasteiger partial charge in [-0.25, -0.2) is 0 Å². The van der Waals surface area contributed by atoms with Crippen LogP contribution >= 0.6 is 0 Å². The lowest BCUT2D eigenvalue weighted by molar-refractivity contribution is -0.151. The lowest BCUT2D eigenvalue weighted by atomic mass is 9.82. The Labute approximate surface area is 186 Å². The summed E-state index contributed by atoms with van der Waals surface area (Å²) < 4.78 is 6.04. The van der Waals surface area contributed by atoms with E-state index in [-0.39, 0.29) is 29.7 Å². The van der Waals surface area contributed by atoms with Crippen molar-refractivity contribution in [3.63, 3.8) is 0 Å². The molecule has 1 aliphatic heterocycles. The van der Waals surface area contributed by atoms with E-state index >= 15 is 0 Å². The summed E-state index contributed by atoms with van der Waals surface area (Å²) in [6.45, 7) is 6.35. The number of nitrogens with zero attached hydrogens (tertiary/aromatic N) is 2. The molecule has 1 heterocycles. The number of benzene rings is 2. The van der Waals surface area contributed by atoms with Crippen LogP contribution in [0, 0.1) is 5.92 Å². The lowest BCUT2D eigenvalue weighted by Crippen LogP contribution is -2.51. The summed E-state index contributed by atoms with van der Waals surface area (Å²) in [4.78, 5) is 29.9. The molecule has 1 saturated heterocycles. The third kappa shape index (κ3) is 5.34. The van der Waals surface area contributed by atoms with Crippen molar-refractivity contribution < 1.29 is 14.3 Å². The Kier molecular flexibility index (Phi) is 7.16. The van der Waals surface area contributed by atoms with E-state index in [2.05, 4.69) is 12.1 Å². The van der Waals surface area contributed by atoms with Gasteiger partial charge in [-0.1, -0.05) is 67.6 Å². The van der Waals surface area contributed by atoms with E-state index in [0.29, 0.717) is 13.0 Å². The van der Waals surface area contributed by atoms with Crippen molar-refractivity contribution in [2.24, 2.45) is 5.92 Å². The fourth-order valence-electron chi connectivity index (χ4n) is 4.41. The fourth-order valence-corrected chi connectivity index (χ4v) is 4.41. The van der Waals surface area contributed by atoms with Crippen molar-refractivity contribution in [3.05, 3.63) is 71.8 Å². The molecule has 0 aliphatic carbocycles. The highest BCUT2D eigenvalue weighted by Crippen LogP contribution is 2.36. The predicted octanol–water partition coefficient (Wildman–Crippen LogP) is 4.09. The van der Waals surface area contributed by atoms with Crippen LogP contribution in [0.1, 0.15) is 44.2 Å². The molecule has 2 aromatic rings. The molecule has 2 aromatic carbocycles. The second-order valence-electron chi connectivity index (χ2n) is 9.11. The summed E-state index contributed by atoms with van der Waals surface area (Å²) in [6, 6.07) is 20.0. The molecule has 1 fully saturated rings. The Bertz CT molecular complexity index is 880. The molecule has 1 aliphatic rings. The molecule has 0 N–H and O–H groups in total. The Balaban J connectivity index is 1.87. The average Bonchev–Trinajstić information content (AvgIpc) is 3.05. The summed E-state index contributed by atoms with van der Waals surface area (Å²) in [5.74, 6) is -0.502. The van der Waals surface area contributed by atoms with Gasteiger partial charge in [0.1, 0.15) is 5.72 Å². The number of carbonyl (C=O) groups is 2. The van der Waals surface area contributed by atoms with Crippen LogP contribution in [0.15, 0.2) is 60.7 Å². The highest BCUT2D eigenvalue weighted by molar-refractivity contribution is 5.83. The Morgan fingerprint density at radius 1 is 1.06 bits per heavy atom. The molecule has 5 heteroatoms. The predicted molar refractivity (Wildman–Crippen MR) is 122 cm³/mol. The highest BCUT2D eigenvalue weighted by atomic mass is 16.5. The average molecular weight is 423 g/mol. The Morgan fingerprint density at radius 2 is 1.65 bits per heavy atom. The monoisotopic (exact) mass is 422 g/mol. The minimum atomic E-state index is -0.683. The first-order valence-electron chi connectivity index (χ1n) is 11.0. The topological polar surface area (TPSA) is 49.9 Å². The van der Waals surface area contributed by atoms with E-state index in [1.807, 2.05) is 74.2 Å². The van der Waals surface area contributed by atoms with Gasteiger partial charge in [-0.2, -0.15) is 0 Å². The minimum absolute atomic E-state index is 0.0197. The van der Waals surface area contributed by atoms with Crippen LogP contribution < -0.4 is 0 Å². The second-order valence-corrected chi connectivity index (χ2v) is 9.11. The van der Waals surface area contributed by atoms with E-state index < -0.39 is 5.72 Å². The van der Waals surface area contributed by atoms with Crippen LogP contribution in [-0.2, 0) is 20.7 Å². The van der Waals surface area contributed by atoms with E-state index in [1.54, 1.807) is 19.0 Å². The molecule has 0 saturated carbocycles. The van der Waals surface area contributed by atoms with Crippen LogP contribution in [0.5, 0.6) is 0 Å². The second kappa shape index (κ2) is 9.65. The van der Waals surface area contributed by atoms with Gasteiger partial charge in [-0.3, -0.25) is 9.59 Å². The van der Waals surface area contributed by atoms with Crippen LogP contribution in [0.25, 0.3) is 0 Å². The Morgan fingerprint density at radius 3 is 2.23 bits per heavy atom. The number of amides is 2. The van der Waals surface area contributed by atoms with Gasteiger partial charge in [-0.05, 0) is 31.4 Å². The quantitative estimate of drug-likeness (QED) is 0.675. The van der Waals surface area contributed by atoms with Crippen molar-refractivity contribution in [2.45, 2.75) is 51.3 Å². The molecule has 5 nitrogen and oxygen atoms in total. The highest BCUT2D eigenvalue weighted by Gasteiger charge is 2.46. The molecule has 31 heavy (non-hydrogen) atoms. The first-order valence-corrected chi connectivity index (χ1v) is 11.0. The number of hydrogen-bond acceptors (Lipinski definition) is 3. The Hall–Kier alpha value is -2.66. The van der Waals surface area contributed by atoms with Gasteiger partial charge < -0.3 is 14.5 Å². The van der Waals surface area contributed by atoms with Crippen molar-refractivity contribution in [3.8, 4) is 0 Å². The third-order valence-electron chi connectivity index (χ3n) is 6.24. The smallest absolute Gasteiger partial charge is 0.228 e. The van der Waals surface area contributed by atoms with Crippen molar-refractivity contribution >= 4 is 11.8 Å². The van der Waals surface area contributed by atoms with Crippen LogP contribution in [0.4, 0.5) is 0 Å². The van der Waals surface area contributed by atoms with E-state index in [1.165, 1.54) is 5.56 Å². The molecule has 0 unspecified atom stereocenters. The maximum Gasteiger partial charge on any atom is 0.228 e. The molecular formula is C26H34N2O3. The van der Waals surface area contributed by atoms with Gasteiger partial charge >= 0.3 is 0 Å². The number of rotatable bonds is 7. The molecule has 0 aromatic heterocycles. The largest absolute Gasteiger partial charge is 0.354 e. The van der Waals surface area contributed by atoms with Crippen LogP contribution in [0.3, 0.4) is 0 Å². The van der Waals surface area contributed by atoms with Crippen molar-refractivity contribution in [2.75, 3.05) is 20.7 Å². The zero-order valence-corrected chi connectivity index (χ0v) is 19.2. The summed E-state index contributed by atoms with van der Waals surface area (Å²) >= 11 is 0. The molecule has 166 valence electrons. The van der Waals surface area contributed by atoms with E-state index in [0.717, 1.165) is 12.0 Å². The molecule has 0 radical (unpaired) electrons. The third-order valence-corrected chi connectivity index (χ3v) is 6.24. The molecule has 3 rings (SSSR count). The van der Waals surface area contributed by atoms with E-state index in [9.17, 15) is 9.59 Å². The number of carbonyl (C=O) groups excluding carboxylic acids is 2. The first kappa shape index (κ1) is 23.0. The number of ether oxygens (including phenoxy) is 1. The van der Waals surface area contributed by atoms with Gasteiger partial charge in [0.05, 0.1) is 12.6 Å². The van der Waals surface area contributed by atoms with Gasteiger partial charge in [0, 0.05) is 32.4 Å². The van der Waals surface area contributed by atoms with Gasteiger partial charge in [0.25, 0.3) is 0 Å². The zero-order chi connectivity index (χ0) is 22.6. The van der Waals surface area contributed by atoms with Crippen LogP contribution in [-0.4, -0.2) is 54.1 Å². The number of hydrogen-bond donors (Lipinski definition) is 0. The van der Waals surface area contributed by atoms with E-state index in [4.69, 9.17) is 4.74 Å². The molecule has 3 atom stereocenters. The summed E-state index contributed by atoms with van der Waals surface area (Å²) in [5.41, 5.74) is 1.51. The first-order chi connectivity index (χ1) is 14.7. The molecule has 0 spiro atoms. The van der Waals surface area contributed by atoms with Crippen LogP contribution in [0.2, 0.25) is 0 Å². The van der Waals surface area contributed by atoms with Gasteiger partial charge in [0.15, 0.2) is 0 Å². The van der Waals surface area contributed by atoms with Crippen molar-refractivity contribution in [1.82, 2.24) is 9.80 Å². The van der Waals surface area contributed by atoms with Gasteiger partial charge in [-0.15, -0.1) is 0 Å². The standard InChI is InChI=1S/C26H34N2O3/c1-19(23(17-24(29)27(4)5)21-14-10-7-11-15-21)25(30)28-22(18-31-26(28,2)3)16-20-12-8-6-9-13-20/h6-15,19,22-23H,16-18H2,1-5H3/t19-,22+,23+/m1/s1. The molecule has 2 amide bonds. The van der Waals surface area contributed by atoms with Crippen molar-refractivity contribution in [1.29, 1.82) is 0 Å². The summed E-state index contributed by atoms with van der Waals surface area (Å²) in [5, 5.41) is 0. The zero-order valence-electron chi connectivity index (χ0n) is 19.2.